The van der Waals surface area contributed by atoms with Gasteiger partial charge in [-0.05, 0) is 50.9 Å². The number of hydrogen-bond donors (Lipinski definition) is 2. The molecule has 0 aliphatic carbocycles. The lowest BCUT2D eigenvalue weighted by Gasteiger charge is -2.08. The summed E-state index contributed by atoms with van der Waals surface area (Å²) in [6.07, 6.45) is 2.51. The van der Waals surface area contributed by atoms with E-state index in [-0.39, 0.29) is 12.3 Å². The third-order valence-corrected chi connectivity index (χ3v) is 4.28. The monoisotopic (exact) mass is 313 g/mol. The summed E-state index contributed by atoms with van der Waals surface area (Å²) in [6.45, 7) is 4.75. The Morgan fingerprint density at radius 3 is 2.96 bits per heavy atom. The first-order chi connectivity index (χ1) is 11.2. The van der Waals surface area contributed by atoms with Gasteiger partial charge in [0.2, 0.25) is 11.8 Å². The first-order valence-electron chi connectivity index (χ1n) is 8.21. The van der Waals surface area contributed by atoms with E-state index in [1.807, 2.05) is 37.3 Å². The number of nitrogens with zero attached hydrogens (tertiary/aromatic N) is 1. The number of benzene rings is 1. The van der Waals surface area contributed by atoms with E-state index < -0.39 is 0 Å². The Morgan fingerprint density at radius 2 is 2.22 bits per heavy atom. The lowest BCUT2D eigenvalue weighted by atomic mass is 10.1. The minimum absolute atomic E-state index is 0.00645. The van der Waals surface area contributed by atoms with E-state index in [1.165, 1.54) is 6.42 Å². The topological polar surface area (TPSA) is 67.2 Å². The van der Waals surface area contributed by atoms with Crippen LogP contribution in [0.25, 0.3) is 11.5 Å². The smallest absolute Gasteiger partial charge is 0.226 e. The zero-order valence-corrected chi connectivity index (χ0v) is 13.5. The predicted molar refractivity (Wildman–Crippen MR) is 89.0 cm³/mol. The van der Waals surface area contributed by atoms with Gasteiger partial charge < -0.3 is 15.1 Å². The number of rotatable bonds is 6. The lowest BCUT2D eigenvalue weighted by molar-refractivity contribution is -0.120. The zero-order valence-electron chi connectivity index (χ0n) is 13.5. The quantitative estimate of drug-likeness (QED) is 0.859. The van der Waals surface area contributed by atoms with Gasteiger partial charge in [0.1, 0.15) is 5.76 Å². The molecule has 1 aliphatic heterocycles. The van der Waals surface area contributed by atoms with E-state index in [2.05, 4.69) is 15.6 Å². The summed E-state index contributed by atoms with van der Waals surface area (Å²) >= 11 is 0. The molecule has 1 unspecified atom stereocenters. The van der Waals surface area contributed by atoms with Crippen LogP contribution in [0, 0.1) is 12.8 Å². The molecule has 1 amide bonds. The summed E-state index contributed by atoms with van der Waals surface area (Å²) in [4.78, 5) is 16.5. The molecular formula is C18H23N3O2. The Kier molecular flexibility index (Phi) is 5.08. The molecule has 2 aromatic rings. The summed E-state index contributed by atoms with van der Waals surface area (Å²) in [5, 5.41) is 6.33. The molecule has 2 N–H and O–H groups in total. The van der Waals surface area contributed by atoms with E-state index in [0.717, 1.165) is 31.6 Å². The molecule has 1 aromatic heterocycles. The summed E-state index contributed by atoms with van der Waals surface area (Å²) in [5.74, 6) is 1.97. The molecule has 5 heteroatoms. The van der Waals surface area contributed by atoms with Crippen molar-refractivity contribution in [3.05, 3.63) is 41.8 Å². The molecule has 1 atom stereocenters. The highest BCUT2D eigenvalue weighted by Gasteiger charge is 2.16. The molecule has 1 saturated heterocycles. The van der Waals surface area contributed by atoms with Crippen molar-refractivity contribution in [2.45, 2.75) is 26.2 Å². The maximum absolute atomic E-state index is 12.1. The van der Waals surface area contributed by atoms with Gasteiger partial charge in [0.15, 0.2) is 0 Å². The van der Waals surface area contributed by atoms with Gasteiger partial charge in [-0.1, -0.05) is 18.2 Å². The van der Waals surface area contributed by atoms with Gasteiger partial charge in [0.25, 0.3) is 0 Å². The van der Waals surface area contributed by atoms with Crippen molar-refractivity contribution in [2.75, 3.05) is 19.6 Å². The minimum atomic E-state index is 0.00645. The van der Waals surface area contributed by atoms with Gasteiger partial charge in [-0.25, -0.2) is 4.98 Å². The fourth-order valence-electron chi connectivity index (χ4n) is 2.89. The van der Waals surface area contributed by atoms with Gasteiger partial charge in [-0.3, -0.25) is 4.79 Å². The maximum Gasteiger partial charge on any atom is 0.226 e. The minimum Gasteiger partial charge on any atom is -0.441 e. The van der Waals surface area contributed by atoms with Crippen molar-refractivity contribution in [1.82, 2.24) is 15.6 Å². The Bertz CT molecular complexity index is 646. The maximum atomic E-state index is 12.1. The van der Waals surface area contributed by atoms with Gasteiger partial charge in [0.05, 0.1) is 12.1 Å². The zero-order chi connectivity index (χ0) is 16.1. The van der Waals surface area contributed by atoms with Gasteiger partial charge in [-0.15, -0.1) is 0 Å². The van der Waals surface area contributed by atoms with E-state index in [9.17, 15) is 4.79 Å². The van der Waals surface area contributed by atoms with E-state index >= 15 is 0 Å². The molecule has 0 radical (unpaired) electrons. The van der Waals surface area contributed by atoms with Crippen molar-refractivity contribution in [2.24, 2.45) is 5.92 Å². The van der Waals surface area contributed by atoms with Gasteiger partial charge in [-0.2, -0.15) is 0 Å². The molecule has 3 rings (SSSR count). The summed E-state index contributed by atoms with van der Waals surface area (Å²) in [5.41, 5.74) is 1.64. The summed E-state index contributed by atoms with van der Waals surface area (Å²) < 4.78 is 5.69. The molecule has 2 heterocycles. The van der Waals surface area contributed by atoms with Crippen LogP contribution in [-0.2, 0) is 11.2 Å². The SMILES string of the molecule is Cc1oc(-c2ccccc2)nc1CC(=O)NCCC1CCNC1. The van der Waals surface area contributed by atoms with Crippen molar-refractivity contribution in [3.63, 3.8) is 0 Å². The van der Waals surface area contributed by atoms with Crippen LogP contribution in [0.15, 0.2) is 34.7 Å². The number of carbonyl (C=O) groups excluding carboxylic acids is 1. The summed E-state index contributed by atoms with van der Waals surface area (Å²) in [7, 11) is 0. The number of nitrogens with one attached hydrogen (secondary N) is 2. The number of amides is 1. The van der Waals surface area contributed by atoms with Gasteiger partial charge in [0, 0.05) is 12.1 Å². The molecule has 0 saturated carbocycles. The molecule has 1 aromatic carbocycles. The second-order valence-electron chi connectivity index (χ2n) is 6.06. The standard InChI is InChI=1S/C18H23N3O2/c1-13-16(21-18(23-13)15-5-3-2-4-6-15)11-17(22)20-10-8-14-7-9-19-12-14/h2-6,14,19H,7-12H2,1H3,(H,20,22). The van der Waals surface area contributed by atoms with Crippen LogP contribution in [-0.4, -0.2) is 30.5 Å². The molecule has 5 nitrogen and oxygen atoms in total. The Morgan fingerprint density at radius 1 is 1.39 bits per heavy atom. The van der Waals surface area contributed by atoms with Crippen molar-refractivity contribution in [1.29, 1.82) is 0 Å². The number of aryl methyl sites for hydroxylation is 1. The van der Waals surface area contributed by atoms with Crippen LogP contribution in [0.3, 0.4) is 0 Å². The Labute approximate surface area is 136 Å². The molecule has 0 bridgehead atoms. The van der Waals surface area contributed by atoms with Crippen LogP contribution in [0.4, 0.5) is 0 Å². The van der Waals surface area contributed by atoms with Crippen molar-refractivity contribution in [3.8, 4) is 11.5 Å². The van der Waals surface area contributed by atoms with Crippen LogP contribution in [0.1, 0.15) is 24.3 Å². The second-order valence-corrected chi connectivity index (χ2v) is 6.06. The van der Waals surface area contributed by atoms with Crippen LogP contribution in [0.2, 0.25) is 0 Å². The highest BCUT2D eigenvalue weighted by atomic mass is 16.4. The third kappa shape index (κ3) is 4.20. The summed E-state index contributed by atoms with van der Waals surface area (Å²) in [6, 6.07) is 9.74. The first kappa shape index (κ1) is 15.7. The largest absolute Gasteiger partial charge is 0.441 e. The average Bonchev–Trinajstić information content (AvgIpc) is 3.19. The lowest BCUT2D eigenvalue weighted by Crippen LogP contribution is -2.28. The van der Waals surface area contributed by atoms with Gasteiger partial charge >= 0.3 is 0 Å². The highest BCUT2D eigenvalue weighted by Crippen LogP contribution is 2.21. The number of oxazole rings is 1. The predicted octanol–water partition coefficient (Wildman–Crippen LogP) is 2.31. The fourth-order valence-corrected chi connectivity index (χ4v) is 2.89. The third-order valence-electron chi connectivity index (χ3n) is 4.28. The van der Waals surface area contributed by atoms with Crippen molar-refractivity contribution < 1.29 is 9.21 Å². The molecule has 23 heavy (non-hydrogen) atoms. The number of carbonyl (C=O) groups is 1. The van der Waals surface area contributed by atoms with Crippen LogP contribution < -0.4 is 10.6 Å². The van der Waals surface area contributed by atoms with E-state index in [1.54, 1.807) is 0 Å². The average molecular weight is 313 g/mol. The molecule has 1 fully saturated rings. The van der Waals surface area contributed by atoms with Crippen molar-refractivity contribution >= 4 is 5.91 Å². The van der Waals surface area contributed by atoms with E-state index in [4.69, 9.17) is 4.42 Å². The normalized spacial score (nSPS) is 17.3. The Balaban J connectivity index is 1.53. The second kappa shape index (κ2) is 7.42. The highest BCUT2D eigenvalue weighted by molar-refractivity contribution is 5.78. The molecule has 0 spiro atoms. The Hall–Kier alpha value is -2.14. The van der Waals surface area contributed by atoms with Crippen LogP contribution in [0.5, 0.6) is 0 Å². The number of aromatic nitrogens is 1. The molecule has 1 aliphatic rings. The fraction of sp³-hybridized carbons (Fsp3) is 0.444. The number of hydrogen-bond acceptors (Lipinski definition) is 4. The van der Waals surface area contributed by atoms with Crippen LogP contribution >= 0.6 is 0 Å². The molecular weight excluding hydrogens is 290 g/mol. The first-order valence-corrected chi connectivity index (χ1v) is 8.21. The van der Waals surface area contributed by atoms with E-state index in [0.29, 0.717) is 23.3 Å². The molecule has 122 valence electrons.